The van der Waals surface area contributed by atoms with Crippen molar-refractivity contribution < 1.29 is 14.0 Å². The van der Waals surface area contributed by atoms with Crippen LogP contribution in [0.5, 0.6) is 0 Å². The summed E-state index contributed by atoms with van der Waals surface area (Å²) in [6.07, 6.45) is 0.775. The molecule has 4 aromatic rings. The fourth-order valence-corrected chi connectivity index (χ4v) is 4.91. The van der Waals surface area contributed by atoms with E-state index in [1.807, 2.05) is 72.5 Å². The molecule has 0 atom stereocenters. The molecule has 1 aromatic heterocycles. The Morgan fingerprint density at radius 1 is 0.825 bits per heavy atom. The second kappa shape index (κ2) is 12.5. The van der Waals surface area contributed by atoms with Gasteiger partial charge in [-0.25, -0.2) is 4.39 Å². The first kappa shape index (κ1) is 27.0. The molecule has 204 valence electrons. The Hall–Kier alpha value is -4.59. The molecule has 1 fully saturated rings. The van der Waals surface area contributed by atoms with Crippen LogP contribution in [0.25, 0.3) is 11.3 Å². The summed E-state index contributed by atoms with van der Waals surface area (Å²) in [6.45, 7) is 4.51. The number of carbonyl (C=O) groups excluding carboxylic acids is 2. The molecular formula is C32H32FN5O2. The Balaban J connectivity index is 1.26. The van der Waals surface area contributed by atoms with Crippen LogP contribution in [0, 0.1) is 12.7 Å². The van der Waals surface area contributed by atoms with Gasteiger partial charge < -0.3 is 14.7 Å². The van der Waals surface area contributed by atoms with Crippen LogP contribution < -0.4 is 4.90 Å². The summed E-state index contributed by atoms with van der Waals surface area (Å²) >= 11 is 0. The van der Waals surface area contributed by atoms with E-state index in [9.17, 15) is 14.0 Å². The molecule has 3 aromatic carbocycles. The van der Waals surface area contributed by atoms with E-state index in [4.69, 9.17) is 0 Å². The molecule has 1 saturated heterocycles. The summed E-state index contributed by atoms with van der Waals surface area (Å²) in [7, 11) is 0. The number of nitrogens with zero attached hydrogens (tertiary/aromatic N) is 5. The number of aromatic nitrogens is 2. The lowest BCUT2D eigenvalue weighted by atomic mass is 10.1. The number of benzene rings is 3. The molecule has 1 aliphatic heterocycles. The average Bonchev–Trinajstić information content (AvgIpc) is 3.25. The molecule has 0 saturated carbocycles. The van der Waals surface area contributed by atoms with Gasteiger partial charge in [0.25, 0.3) is 5.91 Å². The van der Waals surface area contributed by atoms with Crippen LogP contribution in [0.4, 0.5) is 10.2 Å². The van der Waals surface area contributed by atoms with Crippen molar-refractivity contribution in [2.75, 3.05) is 37.6 Å². The van der Waals surface area contributed by atoms with E-state index >= 15 is 0 Å². The van der Waals surface area contributed by atoms with E-state index in [1.165, 1.54) is 12.1 Å². The second-order valence-electron chi connectivity index (χ2n) is 9.97. The number of hydrogen-bond acceptors (Lipinski definition) is 5. The minimum Gasteiger partial charge on any atom is -0.353 e. The molecule has 0 aliphatic carbocycles. The molecule has 8 heteroatoms. The number of anilines is 1. The van der Waals surface area contributed by atoms with Crippen LogP contribution >= 0.6 is 0 Å². The van der Waals surface area contributed by atoms with Crippen molar-refractivity contribution >= 4 is 17.6 Å². The van der Waals surface area contributed by atoms with Crippen LogP contribution in [0.15, 0.2) is 91.0 Å². The van der Waals surface area contributed by atoms with Gasteiger partial charge in [-0.05, 0) is 54.8 Å². The van der Waals surface area contributed by atoms with Crippen LogP contribution in [-0.2, 0) is 11.3 Å². The average molecular weight is 538 g/mol. The van der Waals surface area contributed by atoms with E-state index in [0.717, 1.165) is 41.2 Å². The zero-order valence-corrected chi connectivity index (χ0v) is 22.5. The van der Waals surface area contributed by atoms with Crippen LogP contribution in [0.3, 0.4) is 0 Å². The highest BCUT2D eigenvalue weighted by Crippen LogP contribution is 2.20. The van der Waals surface area contributed by atoms with Crippen molar-refractivity contribution in [2.45, 2.75) is 19.9 Å². The molecule has 0 bridgehead atoms. The van der Waals surface area contributed by atoms with Gasteiger partial charge in [-0.1, -0.05) is 60.7 Å². The fourth-order valence-electron chi connectivity index (χ4n) is 4.91. The van der Waals surface area contributed by atoms with Gasteiger partial charge in [-0.3, -0.25) is 9.59 Å². The largest absolute Gasteiger partial charge is 0.353 e. The van der Waals surface area contributed by atoms with Crippen LogP contribution in [-0.4, -0.2) is 64.5 Å². The van der Waals surface area contributed by atoms with Gasteiger partial charge >= 0.3 is 0 Å². The summed E-state index contributed by atoms with van der Waals surface area (Å²) in [5.41, 5.74) is 3.98. The van der Waals surface area contributed by atoms with Gasteiger partial charge in [0.15, 0.2) is 5.82 Å². The molecule has 2 heterocycles. The molecule has 5 rings (SSSR count). The first-order valence-corrected chi connectivity index (χ1v) is 13.5. The van der Waals surface area contributed by atoms with Gasteiger partial charge in [-0.2, -0.15) is 0 Å². The van der Waals surface area contributed by atoms with Crippen molar-refractivity contribution in [3.63, 3.8) is 0 Å². The number of hydrogen-bond donors (Lipinski definition) is 0. The molecule has 0 N–H and O–H groups in total. The molecule has 0 unspecified atom stereocenters. The maximum absolute atomic E-state index is 13.5. The fraction of sp³-hybridized carbons (Fsp3) is 0.250. The maximum atomic E-state index is 13.5. The lowest BCUT2D eigenvalue weighted by molar-refractivity contribution is -0.131. The van der Waals surface area contributed by atoms with Gasteiger partial charge in [0.05, 0.1) is 5.69 Å². The predicted molar refractivity (Wildman–Crippen MR) is 153 cm³/mol. The van der Waals surface area contributed by atoms with Gasteiger partial charge in [0.1, 0.15) is 12.4 Å². The third-order valence-electron chi connectivity index (χ3n) is 7.17. The van der Waals surface area contributed by atoms with Crippen LogP contribution in [0.2, 0.25) is 0 Å². The van der Waals surface area contributed by atoms with Crippen molar-refractivity contribution in [2.24, 2.45) is 0 Å². The molecule has 1 aliphatic rings. The number of halogens is 1. The number of aryl methyl sites for hydroxylation is 1. The Morgan fingerprint density at radius 3 is 2.30 bits per heavy atom. The third kappa shape index (κ3) is 6.51. The summed E-state index contributed by atoms with van der Waals surface area (Å²) < 4.78 is 13.5. The van der Waals surface area contributed by atoms with Crippen molar-refractivity contribution in [3.05, 3.63) is 114 Å². The standard InChI is InChI=1S/C32H32FN5O2/c1-24-8-5-6-11-28(24)32(40)38(22-25-12-14-27(33)15-13-25)23-31(39)37-19-7-18-36(20-21-37)30-17-16-29(34-35-30)26-9-3-2-4-10-26/h2-6,8-17H,7,18-23H2,1H3. The Labute approximate surface area is 233 Å². The smallest absolute Gasteiger partial charge is 0.254 e. The monoisotopic (exact) mass is 537 g/mol. The molecule has 40 heavy (non-hydrogen) atoms. The summed E-state index contributed by atoms with van der Waals surface area (Å²) in [4.78, 5) is 32.6. The first-order valence-electron chi connectivity index (χ1n) is 13.5. The number of amides is 2. The SMILES string of the molecule is Cc1ccccc1C(=O)N(CC(=O)N1CCCN(c2ccc(-c3ccccc3)nn2)CC1)Cc1ccc(F)cc1. The highest BCUT2D eigenvalue weighted by molar-refractivity contribution is 5.97. The van der Waals surface area contributed by atoms with Crippen molar-refractivity contribution in [1.29, 1.82) is 0 Å². The van der Waals surface area contributed by atoms with Crippen molar-refractivity contribution in [1.82, 2.24) is 20.0 Å². The van der Waals surface area contributed by atoms with Gasteiger partial charge in [0, 0.05) is 43.9 Å². The minimum atomic E-state index is -0.342. The molecule has 0 spiro atoms. The van der Waals surface area contributed by atoms with Gasteiger partial charge in [0.2, 0.25) is 5.91 Å². The third-order valence-corrected chi connectivity index (χ3v) is 7.17. The summed E-state index contributed by atoms with van der Waals surface area (Å²) in [5.74, 6) is 0.101. The van der Waals surface area contributed by atoms with Crippen molar-refractivity contribution in [3.8, 4) is 11.3 Å². The highest BCUT2D eigenvalue weighted by Gasteiger charge is 2.25. The lowest BCUT2D eigenvalue weighted by Gasteiger charge is -2.27. The lowest BCUT2D eigenvalue weighted by Crippen LogP contribution is -2.44. The zero-order chi connectivity index (χ0) is 27.9. The normalized spacial score (nSPS) is 13.6. The predicted octanol–water partition coefficient (Wildman–Crippen LogP) is 4.97. The zero-order valence-electron chi connectivity index (χ0n) is 22.5. The first-order chi connectivity index (χ1) is 19.5. The topological polar surface area (TPSA) is 69.6 Å². The van der Waals surface area contributed by atoms with E-state index in [-0.39, 0.29) is 30.7 Å². The number of carbonyl (C=O) groups is 2. The number of rotatable bonds is 7. The van der Waals surface area contributed by atoms with E-state index in [0.29, 0.717) is 25.2 Å². The minimum absolute atomic E-state index is 0.0594. The van der Waals surface area contributed by atoms with E-state index < -0.39 is 0 Å². The Bertz CT molecular complexity index is 1440. The Kier molecular flexibility index (Phi) is 8.44. The molecule has 7 nitrogen and oxygen atoms in total. The summed E-state index contributed by atoms with van der Waals surface area (Å²) in [5, 5.41) is 8.86. The van der Waals surface area contributed by atoms with E-state index in [2.05, 4.69) is 15.1 Å². The summed E-state index contributed by atoms with van der Waals surface area (Å²) in [6, 6.07) is 27.2. The van der Waals surface area contributed by atoms with Gasteiger partial charge in [-0.15, -0.1) is 10.2 Å². The quantitative estimate of drug-likeness (QED) is 0.333. The molecule has 0 radical (unpaired) electrons. The molecular weight excluding hydrogens is 505 g/mol. The maximum Gasteiger partial charge on any atom is 0.254 e. The van der Waals surface area contributed by atoms with E-state index in [1.54, 1.807) is 23.1 Å². The van der Waals surface area contributed by atoms with Crippen LogP contribution in [0.1, 0.15) is 27.9 Å². The second-order valence-corrected chi connectivity index (χ2v) is 9.97. The molecule has 2 amide bonds. The Morgan fingerprint density at radius 2 is 1.57 bits per heavy atom. The highest BCUT2D eigenvalue weighted by atomic mass is 19.1.